The first kappa shape index (κ1) is 47.7. The first-order valence-electron chi connectivity index (χ1n) is 17.0. The van der Waals surface area contributed by atoms with Gasteiger partial charge in [-0.3, -0.25) is 29.3 Å². The van der Waals surface area contributed by atoms with E-state index in [0.717, 1.165) is 19.4 Å². The maximum absolute atomic E-state index is 13.0. The number of benzene rings is 1. The van der Waals surface area contributed by atoms with Gasteiger partial charge in [0.15, 0.2) is 11.6 Å². The van der Waals surface area contributed by atoms with Gasteiger partial charge in [-0.2, -0.15) is 0 Å². The number of anilines is 1. The molecule has 1 aromatic rings. The third-order valence-electron chi connectivity index (χ3n) is 7.45. The van der Waals surface area contributed by atoms with Crippen molar-refractivity contribution in [2.45, 2.75) is 107 Å². The SMILES string of the molecule is CC.CC(C)(CC(C)(C)C(=O)C(C)(C)NCCOCCOCC(=O)C(C)(C)NCC(N)=O)C(=O)O.CCCCNC(=O)c1ccc(N)cc1. The number of hydrogen-bond donors (Lipinski definition) is 6. The molecule has 2 amide bonds. The van der Waals surface area contributed by atoms with Crippen molar-refractivity contribution in [2.24, 2.45) is 16.6 Å². The number of unbranched alkanes of at least 4 members (excludes halogenated alkanes) is 1. The predicted octanol–water partition coefficient (Wildman–Crippen LogP) is 3.73. The van der Waals surface area contributed by atoms with E-state index >= 15 is 0 Å². The second-order valence-electron chi connectivity index (χ2n) is 13.9. The average molecular weight is 696 g/mol. The fraction of sp³-hybridized carbons (Fsp3) is 0.694. The fourth-order valence-corrected chi connectivity index (χ4v) is 4.71. The fourth-order valence-electron chi connectivity index (χ4n) is 4.71. The molecule has 13 nitrogen and oxygen atoms in total. The minimum atomic E-state index is -1.01. The lowest BCUT2D eigenvalue weighted by molar-refractivity contribution is -0.150. The van der Waals surface area contributed by atoms with Crippen LogP contribution < -0.4 is 27.4 Å². The summed E-state index contributed by atoms with van der Waals surface area (Å²) in [6.07, 6.45) is 2.32. The monoisotopic (exact) mass is 695 g/mol. The number of amides is 2. The van der Waals surface area contributed by atoms with Crippen LogP contribution in [0, 0.1) is 10.8 Å². The molecule has 0 aliphatic carbocycles. The Morgan fingerprint density at radius 1 is 0.776 bits per heavy atom. The minimum Gasteiger partial charge on any atom is -0.481 e. The van der Waals surface area contributed by atoms with Crippen LogP contribution in [-0.4, -0.2) is 91.6 Å². The van der Waals surface area contributed by atoms with Gasteiger partial charge >= 0.3 is 5.97 Å². The predicted molar refractivity (Wildman–Crippen MR) is 194 cm³/mol. The highest BCUT2D eigenvalue weighted by atomic mass is 16.5. The van der Waals surface area contributed by atoms with Crippen LogP contribution in [0.2, 0.25) is 0 Å². The van der Waals surface area contributed by atoms with Crippen LogP contribution in [0.3, 0.4) is 0 Å². The van der Waals surface area contributed by atoms with Crippen LogP contribution in [0.15, 0.2) is 24.3 Å². The zero-order valence-corrected chi connectivity index (χ0v) is 31.8. The quantitative estimate of drug-likeness (QED) is 0.0760. The number of carbonyl (C=O) groups is 5. The van der Waals surface area contributed by atoms with Gasteiger partial charge in [0, 0.05) is 29.8 Å². The number of ether oxygens (including phenoxy) is 2. The maximum atomic E-state index is 13.0. The van der Waals surface area contributed by atoms with Gasteiger partial charge in [-0.1, -0.05) is 41.0 Å². The molecule has 0 bridgehead atoms. The first-order valence-corrected chi connectivity index (χ1v) is 17.0. The molecule has 0 saturated carbocycles. The van der Waals surface area contributed by atoms with Gasteiger partial charge in [0.05, 0.1) is 42.9 Å². The number of nitrogen functional groups attached to an aromatic ring is 1. The van der Waals surface area contributed by atoms with E-state index in [0.29, 0.717) is 24.4 Å². The summed E-state index contributed by atoms with van der Waals surface area (Å²) in [5, 5.41) is 18.2. The van der Waals surface area contributed by atoms with Crippen molar-refractivity contribution in [3.8, 4) is 0 Å². The minimum absolute atomic E-state index is 0.0292. The van der Waals surface area contributed by atoms with Gasteiger partial charge in [-0.15, -0.1) is 0 Å². The van der Waals surface area contributed by atoms with Crippen molar-refractivity contribution in [3.05, 3.63) is 29.8 Å². The molecule has 0 saturated heterocycles. The van der Waals surface area contributed by atoms with Gasteiger partial charge in [0.25, 0.3) is 5.91 Å². The number of ketones is 2. The Morgan fingerprint density at radius 2 is 1.33 bits per heavy atom. The summed E-state index contributed by atoms with van der Waals surface area (Å²) in [5.41, 5.74) is 8.32. The Bertz CT molecular complexity index is 1160. The van der Waals surface area contributed by atoms with E-state index in [9.17, 15) is 29.1 Å². The standard InChI is InChI=1S/C23H43N3O7.C11H16N2O.C2H6/c1-20(2,15-21(3,4)19(30)31)18(29)23(7,8)25-9-10-32-11-12-33-14-16(27)22(5,6)26-13-17(24)28;1-2-3-8-13-11(14)9-4-6-10(12)7-5-9;1-2/h25-26H,9-15H2,1-8H3,(H2,24,28)(H,30,31);4-7H,2-3,8,12H2,1H3,(H,13,14);1-2H3. The van der Waals surface area contributed by atoms with Gasteiger partial charge < -0.3 is 36.7 Å². The zero-order valence-electron chi connectivity index (χ0n) is 31.8. The molecule has 0 atom stereocenters. The first-order chi connectivity index (χ1) is 22.6. The normalized spacial score (nSPS) is 11.7. The van der Waals surface area contributed by atoms with Gasteiger partial charge in [0.2, 0.25) is 5.91 Å². The number of nitrogens with one attached hydrogen (secondary N) is 3. The molecule has 0 aromatic heterocycles. The number of carboxylic acid groups (broad SMARTS) is 1. The summed E-state index contributed by atoms with van der Waals surface area (Å²) in [5.74, 6) is -1.79. The summed E-state index contributed by atoms with van der Waals surface area (Å²) >= 11 is 0. The molecule has 0 fully saturated rings. The van der Waals surface area contributed by atoms with Gasteiger partial charge in [-0.25, -0.2) is 0 Å². The Labute approximate surface area is 294 Å². The molecule has 0 heterocycles. The van der Waals surface area contributed by atoms with Crippen LogP contribution in [0.5, 0.6) is 0 Å². The number of primary amides is 1. The smallest absolute Gasteiger partial charge is 0.309 e. The van der Waals surface area contributed by atoms with Crippen molar-refractivity contribution in [3.63, 3.8) is 0 Å². The lowest BCUT2D eigenvalue weighted by Crippen LogP contribution is -2.54. The van der Waals surface area contributed by atoms with Crippen LogP contribution in [0.1, 0.15) is 106 Å². The van der Waals surface area contributed by atoms with Gasteiger partial charge in [0.1, 0.15) is 6.61 Å². The number of Topliss-reactive ketones (excluding diaryl/α,β-unsaturated/α-hetero) is 2. The van der Waals surface area contributed by atoms with Crippen molar-refractivity contribution in [1.82, 2.24) is 16.0 Å². The lowest BCUT2D eigenvalue weighted by Gasteiger charge is -2.37. The molecule has 0 unspecified atom stereocenters. The number of carbonyl (C=O) groups excluding carboxylic acids is 4. The summed E-state index contributed by atoms with van der Waals surface area (Å²) in [7, 11) is 0. The highest BCUT2D eigenvalue weighted by Gasteiger charge is 2.44. The van der Waals surface area contributed by atoms with E-state index < -0.39 is 33.8 Å². The number of carboxylic acids is 1. The van der Waals surface area contributed by atoms with E-state index in [4.69, 9.17) is 20.9 Å². The summed E-state index contributed by atoms with van der Waals surface area (Å²) in [4.78, 5) is 58.9. The average Bonchev–Trinajstić information content (AvgIpc) is 3.02. The van der Waals surface area contributed by atoms with Crippen LogP contribution in [0.4, 0.5) is 5.69 Å². The Kier molecular flexibility index (Phi) is 22.5. The third-order valence-corrected chi connectivity index (χ3v) is 7.45. The second-order valence-corrected chi connectivity index (χ2v) is 13.9. The van der Waals surface area contributed by atoms with Crippen molar-refractivity contribution in [1.29, 1.82) is 0 Å². The molecule has 1 aromatic carbocycles. The van der Waals surface area contributed by atoms with E-state index in [1.165, 1.54) is 0 Å². The Hall–Kier alpha value is -3.39. The van der Waals surface area contributed by atoms with Crippen molar-refractivity contribution >= 4 is 35.0 Å². The van der Waals surface area contributed by atoms with E-state index in [-0.39, 0.29) is 50.3 Å². The molecule has 0 aliphatic heterocycles. The van der Waals surface area contributed by atoms with Crippen LogP contribution in [0.25, 0.3) is 0 Å². The van der Waals surface area contributed by atoms with Crippen LogP contribution >= 0.6 is 0 Å². The largest absolute Gasteiger partial charge is 0.481 e. The molecule has 8 N–H and O–H groups in total. The number of nitrogens with two attached hydrogens (primary N) is 2. The van der Waals surface area contributed by atoms with Crippen molar-refractivity contribution < 1.29 is 38.6 Å². The molecule has 0 aliphatic rings. The molecule has 13 heteroatoms. The van der Waals surface area contributed by atoms with E-state index in [1.807, 2.05) is 13.8 Å². The van der Waals surface area contributed by atoms with Gasteiger partial charge in [-0.05, 0) is 78.6 Å². The molecule has 1 rings (SSSR count). The highest BCUT2D eigenvalue weighted by molar-refractivity contribution is 5.94. The Morgan fingerprint density at radius 3 is 1.84 bits per heavy atom. The maximum Gasteiger partial charge on any atom is 0.309 e. The van der Waals surface area contributed by atoms with E-state index in [2.05, 4.69) is 22.9 Å². The number of aliphatic carboxylic acids is 1. The number of rotatable bonds is 22. The summed E-state index contributed by atoms with van der Waals surface area (Å²) < 4.78 is 10.8. The topological polar surface area (TPSA) is 212 Å². The molecular formula is C36H65N5O8. The summed E-state index contributed by atoms with van der Waals surface area (Å²) in [6, 6.07) is 6.93. The lowest BCUT2D eigenvalue weighted by atomic mass is 9.69. The summed E-state index contributed by atoms with van der Waals surface area (Å²) in [6.45, 7) is 21.5. The highest BCUT2D eigenvalue weighted by Crippen LogP contribution is 2.37. The van der Waals surface area contributed by atoms with Crippen molar-refractivity contribution in [2.75, 3.05) is 51.8 Å². The molecule has 0 radical (unpaired) electrons. The molecule has 49 heavy (non-hydrogen) atoms. The number of hydrogen-bond acceptors (Lipinski definition) is 10. The third kappa shape index (κ3) is 20.0. The molecule has 0 spiro atoms. The molecule has 282 valence electrons. The van der Waals surface area contributed by atoms with E-state index in [1.54, 1.807) is 79.7 Å². The second kappa shape index (κ2) is 23.1. The Balaban J connectivity index is 0. The molecular weight excluding hydrogens is 630 g/mol. The zero-order chi connectivity index (χ0) is 38.5. The van der Waals surface area contributed by atoms with Crippen LogP contribution in [-0.2, 0) is 28.7 Å².